The smallest absolute Gasteiger partial charge is 0.233 e. The van der Waals surface area contributed by atoms with Gasteiger partial charge in [-0.1, -0.05) is 12.2 Å². The molecule has 1 fully saturated rings. The molecule has 4 atom stereocenters. The number of amides is 1. The third-order valence-electron chi connectivity index (χ3n) is 4.35. The summed E-state index contributed by atoms with van der Waals surface area (Å²) in [5.41, 5.74) is 1.32. The lowest BCUT2D eigenvalue weighted by Gasteiger charge is -2.24. The minimum atomic E-state index is -1.30. The highest BCUT2D eigenvalue weighted by molar-refractivity contribution is 7.14. The number of carbonyl (C=O) groups excluding carboxylic acids is 2. The molecule has 2 aromatic rings. The van der Waals surface area contributed by atoms with Gasteiger partial charge in [0.15, 0.2) is 5.13 Å². The third-order valence-corrected chi connectivity index (χ3v) is 5.11. The summed E-state index contributed by atoms with van der Waals surface area (Å²) in [6.07, 6.45) is 2.15. The lowest BCUT2D eigenvalue weighted by Crippen LogP contribution is -2.45. The van der Waals surface area contributed by atoms with E-state index in [-0.39, 0.29) is 5.82 Å². The number of nitrogens with zero attached hydrogens (tertiary/aromatic N) is 1. The van der Waals surface area contributed by atoms with Gasteiger partial charge in [0, 0.05) is 22.8 Å². The van der Waals surface area contributed by atoms with Gasteiger partial charge in [-0.2, -0.15) is 0 Å². The van der Waals surface area contributed by atoms with Gasteiger partial charge in [-0.3, -0.25) is 4.79 Å². The monoisotopic (exact) mass is 359 g/mol. The quantitative estimate of drug-likeness (QED) is 0.829. The Morgan fingerprint density at radius 2 is 1.84 bits per heavy atom. The Balaban J connectivity index is 1.51. The lowest BCUT2D eigenvalue weighted by molar-refractivity contribution is -0.313. The van der Waals surface area contributed by atoms with Crippen LogP contribution < -0.4 is 10.4 Å². The van der Waals surface area contributed by atoms with Crippen molar-refractivity contribution in [3.63, 3.8) is 0 Å². The standard InChI is InChI=1S/C17H13FN2O4S/c18-9-3-1-8(2-4-9)10-7-25-17(19-10)20-15(21)13-11-5-6-12(24-11)14(13)16(22)23/h1-7,11-14H,(H,22,23)(H,19,20,21)/p-1/t11-,12+,13+,14-/m0/s1. The number of rotatable bonds is 4. The minimum absolute atomic E-state index is 0.341. The summed E-state index contributed by atoms with van der Waals surface area (Å²) >= 11 is 1.21. The molecule has 2 aliphatic heterocycles. The summed E-state index contributed by atoms with van der Waals surface area (Å²) in [6, 6.07) is 5.85. The number of ether oxygens (including phenoxy) is 1. The van der Waals surface area contributed by atoms with E-state index in [1.54, 1.807) is 29.7 Å². The molecule has 1 aromatic carbocycles. The number of hydrogen-bond acceptors (Lipinski definition) is 6. The van der Waals surface area contributed by atoms with E-state index >= 15 is 0 Å². The second-order valence-electron chi connectivity index (χ2n) is 5.85. The van der Waals surface area contributed by atoms with Crippen molar-refractivity contribution in [1.82, 2.24) is 4.98 Å². The van der Waals surface area contributed by atoms with Crippen molar-refractivity contribution in [3.05, 3.63) is 47.6 Å². The average molecular weight is 359 g/mol. The highest BCUT2D eigenvalue weighted by Gasteiger charge is 2.50. The fraction of sp³-hybridized carbons (Fsp3) is 0.235. The second kappa shape index (κ2) is 6.05. The van der Waals surface area contributed by atoms with E-state index < -0.39 is 35.9 Å². The number of thiazole rings is 1. The number of nitrogens with one attached hydrogen (secondary N) is 1. The highest BCUT2D eigenvalue weighted by Crippen LogP contribution is 2.39. The molecular formula is C17H12FN2O4S-. The van der Waals surface area contributed by atoms with Crippen molar-refractivity contribution in [2.75, 3.05) is 5.32 Å². The van der Waals surface area contributed by atoms with Crippen LogP contribution in [0.3, 0.4) is 0 Å². The van der Waals surface area contributed by atoms with Crippen molar-refractivity contribution in [1.29, 1.82) is 0 Å². The van der Waals surface area contributed by atoms with Crippen molar-refractivity contribution in [3.8, 4) is 11.3 Å². The zero-order valence-electron chi connectivity index (χ0n) is 12.7. The van der Waals surface area contributed by atoms with Crippen LogP contribution in [0.2, 0.25) is 0 Å². The highest BCUT2D eigenvalue weighted by atomic mass is 32.1. The first kappa shape index (κ1) is 15.9. The van der Waals surface area contributed by atoms with Gasteiger partial charge in [-0.05, 0) is 24.3 Å². The number of fused-ring (bicyclic) bond motifs is 2. The molecule has 128 valence electrons. The molecular weight excluding hydrogens is 347 g/mol. The predicted octanol–water partition coefficient (Wildman–Crippen LogP) is 1.21. The molecule has 1 saturated heterocycles. The lowest BCUT2D eigenvalue weighted by atomic mass is 9.82. The minimum Gasteiger partial charge on any atom is -0.550 e. The molecule has 1 N–H and O–H groups in total. The summed E-state index contributed by atoms with van der Waals surface area (Å²) in [4.78, 5) is 28.1. The molecule has 3 heterocycles. The largest absolute Gasteiger partial charge is 0.550 e. The van der Waals surface area contributed by atoms with E-state index in [9.17, 15) is 19.1 Å². The van der Waals surface area contributed by atoms with Gasteiger partial charge in [-0.15, -0.1) is 11.3 Å². The Morgan fingerprint density at radius 1 is 1.16 bits per heavy atom. The number of hydrogen-bond donors (Lipinski definition) is 1. The van der Waals surface area contributed by atoms with Crippen LogP contribution in [0.15, 0.2) is 41.8 Å². The van der Waals surface area contributed by atoms with Crippen molar-refractivity contribution < 1.29 is 23.8 Å². The Kier molecular flexibility index (Phi) is 3.85. The first-order valence-corrected chi connectivity index (χ1v) is 8.48. The van der Waals surface area contributed by atoms with Crippen LogP contribution in [0.1, 0.15) is 0 Å². The van der Waals surface area contributed by atoms with Gasteiger partial charge in [0.05, 0.1) is 23.8 Å². The fourth-order valence-corrected chi connectivity index (χ4v) is 3.90. The molecule has 8 heteroatoms. The molecule has 0 spiro atoms. The van der Waals surface area contributed by atoms with Gasteiger partial charge >= 0.3 is 0 Å². The summed E-state index contributed by atoms with van der Waals surface area (Å²) in [7, 11) is 0. The van der Waals surface area contributed by atoms with Crippen LogP contribution in [0.25, 0.3) is 11.3 Å². The first-order chi connectivity index (χ1) is 12.0. The molecule has 1 aromatic heterocycles. The zero-order chi connectivity index (χ0) is 17.6. The van der Waals surface area contributed by atoms with Crippen LogP contribution in [0, 0.1) is 17.7 Å². The Labute approximate surface area is 146 Å². The number of anilines is 1. The van der Waals surface area contributed by atoms with E-state index in [1.807, 2.05) is 0 Å². The second-order valence-corrected chi connectivity index (χ2v) is 6.71. The normalized spacial score (nSPS) is 26.8. The van der Waals surface area contributed by atoms with Crippen molar-refractivity contribution in [2.45, 2.75) is 12.2 Å². The molecule has 0 saturated carbocycles. The Hall–Kier alpha value is -2.58. The molecule has 0 unspecified atom stereocenters. The number of aliphatic carboxylic acids is 1. The number of halogens is 1. The number of aromatic nitrogens is 1. The molecule has 2 bridgehead atoms. The molecule has 6 nitrogen and oxygen atoms in total. The molecule has 0 aliphatic carbocycles. The number of carboxylic acids is 1. The molecule has 4 rings (SSSR count). The molecule has 25 heavy (non-hydrogen) atoms. The number of carbonyl (C=O) groups is 2. The summed E-state index contributed by atoms with van der Waals surface area (Å²) in [5.74, 6) is -3.97. The first-order valence-electron chi connectivity index (χ1n) is 7.60. The molecule has 1 amide bonds. The SMILES string of the molecule is O=C([O-])[C@@H]1[C@H](C(=O)Nc2nc(-c3ccc(F)cc3)cs2)[C@@H]2C=C[C@H]1O2. The van der Waals surface area contributed by atoms with Crippen LogP contribution >= 0.6 is 11.3 Å². The van der Waals surface area contributed by atoms with Crippen LogP contribution in [0.4, 0.5) is 9.52 Å². The average Bonchev–Trinajstić information content (AvgIpc) is 3.30. The topological polar surface area (TPSA) is 91.3 Å². The van der Waals surface area contributed by atoms with E-state index in [0.717, 1.165) is 5.56 Å². The van der Waals surface area contributed by atoms with Crippen molar-refractivity contribution >= 4 is 28.3 Å². The van der Waals surface area contributed by atoms with E-state index in [4.69, 9.17) is 4.74 Å². The summed E-state index contributed by atoms with van der Waals surface area (Å²) in [6.45, 7) is 0. The maximum absolute atomic E-state index is 13.0. The van der Waals surface area contributed by atoms with Crippen LogP contribution in [-0.2, 0) is 14.3 Å². The zero-order valence-corrected chi connectivity index (χ0v) is 13.5. The van der Waals surface area contributed by atoms with E-state index in [0.29, 0.717) is 10.8 Å². The Morgan fingerprint density at radius 3 is 2.52 bits per heavy atom. The number of carboxylic acid groups (broad SMARTS) is 1. The van der Waals surface area contributed by atoms with Gasteiger partial charge in [0.1, 0.15) is 5.82 Å². The van der Waals surface area contributed by atoms with Gasteiger partial charge in [0.2, 0.25) is 5.91 Å². The van der Waals surface area contributed by atoms with Crippen LogP contribution in [-0.4, -0.2) is 29.1 Å². The molecule has 0 radical (unpaired) electrons. The molecule has 2 aliphatic rings. The van der Waals surface area contributed by atoms with Gasteiger partial charge in [0.25, 0.3) is 0 Å². The maximum atomic E-state index is 13.0. The van der Waals surface area contributed by atoms with Crippen molar-refractivity contribution in [2.24, 2.45) is 11.8 Å². The summed E-state index contributed by atoms with van der Waals surface area (Å²) < 4.78 is 18.4. The van der Waals surface area contributed by atoms with Gasteiger partial charge < -0.3 is 20.0 Å². The van der Waals surface area contributed by atoms with Crippen LogP contribution in [0.5, 0.6) is 0 Å². The van der Waals surface area contributed by atoms with E-state index in [2.05, 4.69) is 10.3 Å². The third kappa shape index (κ3) is 2.83. The maximum Gasteiger partial charge on any atom is 0.233 e. The summed E-state index contributed by atoms with van der Waals surface area (Å²) in [5, 5.41) is 16.0. The number of benzene rings is 1. The van der Waals surface area contributed by atoms with Gasteiger partial charge in [-0.25, -0.2) is 9.37 Å². The van der Waals surface area contributed by atoms with E-state index in [1.165, 1.54) is 23.5 Å². The fourth-order valence-electron chi connectivity index (χ4n) is 3.17. The Bertz CT molecular complexity index is 864. The predicted molar refractivity (Wildman–Crippen MR) is 85.9 cm³/mol.